The molecule has 4 heteroatoms. The van der Waals surface area contributed by atoms with Crippen molar-refractivity contribution in [3.05, 3.63) is 60.2 Å². The van der Waals surface area contributed by atoms with Gasteiger partial charge in [-0.25, -0.2) is 8.42 Å². The molecule has 2 rings (SSSR count). The van der Waals surface area contributed by atoms with E-state index in [2.05, 4.69) is 0 Å². The second kappa shape index (κ2) is 7.07. The van der Waals surface area contributed by atoms with Gasteiger partial charge in [0.15, 0.2) is 9.84 Å². The minimum absolute atomic E-state index is 0.126. The van der Waals surface area contributed by atoms with E-state index in [-0.39, 0.29) is 5.75 Å². The Morgan fingerprint density at radius 1 is 0.909 bits per heavy atom. The maximum Gasteiger partial charge on any atom is 0.154 e. The molecule has 0 aromatic heterocycles. The fourth-order valence-electron chi connectivity index (χ4n) is 2.69. The van der Waals surface area contributed by atoms with Crippen molar-refractivity contribution in [2.75, 3.05) is 5.75 Å². The van der Waals surface area contributed by atoms with E-state index in [1.54, 1.807) is 6.92 Å². The molecule has 0 amide bonds. The lowest BCUT2D eigenvalue weighted by molar-refractivity contribution is 0.549. The van der Waals surface area contributed by atoms with Crippen LogP contribution in [0.4, 0.5) is 0 Å². The first kappa shape index (κ1) is 16.7. The van der Waals surface area contributed by atoms with E-state index in [0.717, 1.165) is 16.7 Å². The summed E-state index contributed by atoms with van der Waals surface area (Å²) in [6, 6.07) is 17.4. The van der Waals surface area contributed by atoms with Crippen molar-refractivity contribution in [2.45, 2.75) is 31.6 Å². The molecule has 2 aromatic rings. The Bertz CT molecular complexity index is 694. The monoisotopic (exact) mass is 317 g/mol. The molecule has 0 aliphatic heterocycles. The summed E-state index contributed by atoms with van der Waals surface area (Å²) in [6.07, 6.45) is 0.526. The van der Waals surface area contributed by atoms with Crippen LogP contribution in [0.2, 0.25) is 0 Å². The zero-order valence-corrected chi connectivity index (χ0v) is 13.9. The largest absolute Gasteiger partial charge is 0.323 e. The molecule has 2 N–H and O–H groups in total. The number of hydrogen-bond acceptors (Lipinski definition) is 3. The van der Waals surface area contributed by atoms with Gasteiger partial charge in [-0.3, -0.25) is 0 Å². The van der Waals surface area contributed by atoms with E-state index >= 15 is 0 Å². The summed E-state index contributed by atoms with van der Waals surface area (Å²) < 4.78 is 24.3. The molecular formula is C18H23NO2S. The number of nitrogens with two attached hydrogens (primary N) is 1. The third-order valence-electron chi connectivity index (χ3n) is 4.07. The third kappa shape index (κ3) is 3.57. The lowest BCUT2D eigenvalue weighted by atomic mass is 9.99. The second-order valence-corrected chi connectivity index (χ2v) is 7.92. The Morgan fingerprint density at radius 3 is 1.95 bits per heavy atom. The fourth-order valence-corrected chi connectivity index (χ4v) is 4.23. The van der Waals surface area contributed by atoms with E-state index in [9.17, 15) is 8.42 Å². The maximum atomic E-state index is 12.2. The highest BCUT2D eigenvalue weighted by atomic mass is 32.2. The van der Waals surface area contributed by atoms with Crippen molar-refractivity contribution in [3.8, 4) is 11.1 Å². The van der Waals surface area contributed by atoms with Crippen LogP contribution in [0.5, 0.6) is 0 Å². The Kier molecular flexibility index (Phi) is 5.37. The highest BCUT2D eigenvalue weighted by Crippen LogP contribution is 2.26. The number of sulfone groups is 1. The van der Waals surface area contributed by atoms with Crippen molar-refractivity contribution >= 4 is 9.84 Å². The number of rotatable bonds is 6. The van der Waals surface area contributed by atoms with Crippen molar-refractivity contribution < 1.29 is 8.42 Å². The number of hydrogen-bond donors (Lipinski definition) is 1. The van der Waals surface area contributed by atoms with E-state index in [1.807, 2.05) is 61.5 Å². The van der Waals surface area contributed by atoms with Gasteiger partial charge in [-0.1, -0.05) is 68.4 Å². The standard InChI is InChI=1S/C18H23NO2S/c1-3-17(22(20,21)4-2)18(19)16-12-10-15(11-13-16)14-8-6-5-7-9-14/h5-13,17-18H,3-4,19H2,1-2H3/t17-,18+/m1/s1. The summed E-state index contributed by atoms with van der Waals surface area (Å²) in [4.78, 5) is 0. The summed E-state index contributed by atoms with van der Waals surface area (Å²) in [5.74, 6) is 0.126. The minimum Gasteiger partial charge on any atom is -0.323 e. The van der Waals surface area contributed by atoms with Gasteiger partial charge >= 0.3 is 0 Å². The molecule has 0 fully saturated rings. The predicted octanol–water partition coefficient (Wildman–Crippen LogP) is 3.57. The van der Waals surface area contributed by atoms with Crippen LogP contribution in [0.1, 0.15) is 31.9 Å². The van der Waals surface area contributed by atoms with Crippen molar-refractivity contribution in [1.82, 2.24) is 0 Å². The van der Waals surface area contributed by atoms with Gasteiger partial charge in [0.2, 0.25) is 0 Å². The highest BCUT2D eigenvalue weighted by Gasteiger charge is 2.29. The van der Waals surface area contributed by atoms with Crippen LogP contribution in [0.15, 0.2) is 54.6 Å². The summed E-state index contributed by atoms with van der Waals surface area (Å²) in [5.41, 5.74) is 9.32. The van der Waals surface area contributed by atoms with E-state index in [0.29, 0.717) is 6.42 Å². The zero-order valence-electron chi connectivity index (χ0n) is 13.1. The molecule has 0 heterocycles. The maximum absolute atomic E-state index is 12.2. The summed E-state index contributed by atoms with van der Waals surface area (Å²) in [5, 5.41) is -0.528. The van der Waals surface area contributed by atoms with Crippen LogP contribution in [0, 0.1) is 0 Å². The molecule has 0 aliphatic carbocycles. The Balaban J connectivity index is 2.26. The second-order valence-electron chi connectivity index (χ2n) is 5.41. The fraction of sp³-hybridized carbons (Fsp3) is 0.333. The van der Waals surface area contributed by atoms with Gasteiger partial charge in [0.25, 0.3) is 0 Å². The predicted molar refractivity (Wildman–Crippen MR) is 92.3 cm³/mol. The minimum atomic E-state index is -3.15. The third-order valence-corrected chi connectivity index (χ3v) is 6.42. The molecule has 0 spiro atoms. The Hall–Kier alpha value is -1.65. The van der Waals surface area contributed by atoms with Gasteiger partial charge in [0, 0.05) is 11.8 Å². The molecule has 2 atom stereocenters. The topological polar surface area (TPSA) is 60.2 Å². The molecule has 0 radical (unpaired) electrons. The van der Waals surface area contributed by atoms with Crippen molar-refractivity contribution in [2.24, 2.45) is 5.73 Å². The Morgan fingerprint density at radius 2 is 1.45 bits per heavy atom. The smallest absolute Gasteiger partial charge is 0.154 e. The quantitative estimate of drug-likeness (QED) is 0.886. The lowest BCUT2D eigenvalue weighted by Crippen LogP contribution is -2.34. The van der Waals surface area contributed by atoms with Crippen LogP contribution < -0.4 is 5.73 Å². The van der Waals surface area contributed by atoms with E-state index < -0.39 is 21.1 Å². The molecule has 22 heavy (non-hydrogen) atoms. The molecular weight excluding hydrogens is 294 g/mol. The van der Waals surface area contributed by atoms with Crippen LogP contribution >= 0.6 is 0 Å². The SMILES string of the molecule is CC[C@H]([C@@H](N)c1ccc(-c2ccccc2)cc1)S(=O)(=O)CC. The summed E-state index contributed by atoms with van der Waals surface area (Å²) >= 11 is 0. The van der Waals surface area contributed by atoms with Gasteiger partial charge in [-0.05, 0) is 23.1 Å². The highest BCUT2D eigenvalue weighted by molar-refractivity contribution is 7.92. The molecule has 2 aromatic carbocycles. The molecule has 0 aliphatic rings. The number of benzene rings is 2. The first-order valence-corrected chi connectivity index (χ1v) is 9.33. The first-order chi connectivity index (χ1) is 10.5. The van der Waals surface area contributed by atoms with Crippen LogP contribution in [0.3, 0.4) is 0 Å². The van der Waals surface area contributed by atoms with Crippen molar-refractivity contribution in [3.63, 3.8) is 0 Å². The molecule has 0 saturated heterocycles. The first-order valence-electron chi connectivity index (χ1n) is 7.62. The van der Waals surface area contributed by atoms with E-state index in [1.165, 1.54) is 0 Å². The Labute approximate surface area is 133 Å². The van der Waals surface area contributed by atoms with Gasteiger partial charge in [0.05, 0.1) is 5.25 Å². The van der Waals surface area contributed by atoms with Crippen LogP contribution in [-0.4, -0.2) is 19.4 Å². The average molecular weight is 317 g/mol. The van der Waals surface area contributed by atoms with Gasteiger partial charge in [-0.15, -0.1) is 0 Å². The van der Waals surface area contributed by atoms with Gasteiger partial charge in [0.1, 0.15) is 0 Å². The zero-order chi connectivity index (χ0) is 16.2. The van der Waals surface area contributed by atoms with Crippen LogP contribution in [0.25, 0.3) is 11.1 Å². The van der Waals surface area contributed by atoms with Crippen molar-refractivity contribution in [1.29, 1.82) is 0 Å². The molecule has 0 bridgehead atoms. The summed E-state index contributed by atoms with van der Waals surface area (Å²) in [7, 11) is -3.15. The molecule has 0 unspecified atom stereocenters. The van der Waals surface area contributed by atoms with Gasteiger partial charge < -0.3 is 5.73 Å². The average Bonchev–Trinajstić information content (AvgIpc) is 2.56. The summed E-state index contributed by atoms with van der Waals surface area (Å²) in [6.45, 7) is 3.54. The molecule has 3 nitrogen and oxygen atoms in total. The molecule has 0 saturated carbocycles. The molecule has 118 valence electrons. The lowest BCUT2D eigenvalue weighted by Gasteiger charge is -2.22. The normalized spacial score (nSPS) is 14.5. The van der Waals surface area contributed by atoms with E-state index in [4.69, 9.17) is 5.73 Å². The van der Waals surface area contributed by atoms with Gasteiger partial charge in [-0.2, -0.15) is 0 Å². The van der Waals surface area contributed by atoms with Crippen LogP contribution in [-0.2, 0) is 9.84 Å².